The Labute approximate surface area is 70.3 Å². The van der Waals surface area contributed by atoms with Crippen molar-refractivity contribution in [3.8, 4) is 0 Å². The lowest BCUT2D eigenvalue weighted by molar-refractivity contribution is 0.819. The Morgan fingerprint density at radius 2 is 2.33 bits per heavy atom. The Balaban J connectivity index is 2.80. The second kappa shape index (κ2) is 2.55. The fourth-order valence-corrected chi connectivity index (χ4v) is 1.25. The maximum absolute atomic E-state index is 4.30. The quantitative estimate of drug-likeness (QED) is 0.628. The zero-order chi connectivity index (χ0) is 8.55. The van der Waals surface area contributed by atoms with Gasteiger partial charge in [-0.1, -0.05) is 6.92 Å². The Hall–Kier alpha value is -1.45. The summed E-state index contributed by atoms with van der Waals surface area (Å²) >= 11 is 0. The molecular weight excluding hydrogens is 152 g/mol. The fourth-order valence-electron chi connectivity index (χ4n) is 1.25. The smallest absolute Gasteiger partial charge is 0.175 e. The van der Waals surface area contributed by atoms with Gasteiger partial charge < -0.3 is 0 Å². The number of hydrogen-bond donors (Lipinski definition) is 0. The summed E-state index contributed by atoms with van der Waals surface area (Å²) in [6.07, 6.45) is 4.47. The van der Waals surface area contributed by atoms with Gasteiger partial charge in [-0.2, -0.15) is 5.10 Å². The number of aryl methyl sites for hydroxylation is 2. The van der Waals surface area contributed by atoms with Crippen LogP contribution in [0.1, 0.15) is 18.4 Å². The molecule has 4 heteroatoms. The lowest BCUT2D eigenvalue weighted by Gasteiger charge is -1.99. The van der Waals surface area contributed by atoms with Crippen LogP contribution in [0.15, 0.2) is 12.4 Å². The average molecular weight is 162 g/mol. The molecule has 0 aliphatic rings. The third-order valence-corrected chi connectivity index (χ3v) is 1.76. The maximum atomic E-state index is 4.30. The van der Waals surface area contributed by atoms with Crippen molar-refractivity contribution >= 4 is 5.65 Å². The van der Waals surface area contributed by atoms with Crippen molar-refractivity contribution in [1.82, 2.24) is 19.6 Å². The molecule has 0 radical (unpaired) electrons. The summed E-state index contributed by atoms with van der Waals surface area (Å²) in [5.41, 5.74) is 1.87. The van der Waals surface area contributed by atoms with E-state index in [4.69, 9.17) is 0 Å². The molecule has 2 rings (SSSR count). The van der Waals surface area contributed by atoms with Crippen LogP contribution in [0.4, 0.5) is 0 Å². The predicted molar refractivity (Wildman–Crippen MR) is 44.9 cm³/mol. The summed E-state index contributed by atoms with van der Waals surface area (Å²) in [6.45, 7) is 3.95. The van der Waals surface area contributed by atoms with Gasteiger partial charge in [0.2, 0.25) is 0 Å². The highest BCUT2D eigenvalue weighted by Gasteiger charge is 2.03. The van der Waals surface area contributed by atoms with Gasteiger partial charge in [-0.25, -0.2) is 14.5 Å². The van der Waals surface area contributed by atoms with E-state index in [1.54, 1.807) is 10.7 Å². The molecule has 12 heavy (non-hydrogen) atoms. The second-order valence-corrected chi connectivity index (χ2v) is 2.65. The molecule has 0 N–H and O–H groups in total. The van der Waals surface area contributed by atoms with Crippen LogP contribution in [-0.2, 0) is 6.42 Å². The normalized spacial score (nSPS) is 10.8. The van der Waals surface area contributed by atoms with E-state index in [9.17, 15) is 0 Å². The SMILES string of the molecule is CCc1nc(C)nn2ccnc12. The Kier molecular flexibility index (Phi) is 1.53. The van der Waals surface area contributed by atoms with Crippen LogP contribution in [-0.4, -0.2) is 19.6 Å². The van der Waals surface area contributed by atoms with Crippen molar-refractivity contribution in [2.45, 2.75) is 20.3 Å². The van der Waals surface area contributed by atoms with Gasteiger partial charge in [0.25, 0.3) is 0 Å². The van der Waals surface area contributed by atoms with Crippen LogP contribution in [0.5, 0.6) is 0 Å². The number of fused-ring (bicyclic) bond motifs is 1. The highest BCUT2D eigenvalue weighted by atomic mass is 15.3. The van der Waals surface area contributed by atoms with Crippen molar-refractivity contribution in [3.63, 3.8) is 0 Å². The first kappa shape index (κ1) is 7.21. The van der Waals surface area contributed by atoms with Gasteiger partial charge in [-0.15, -0.1) is 0 Å². The van der Waals surface area contributed by atoms with Crippen LogP contribution in [0.25, 0.3) is 5.65 Å². The number of aromatic nitrogens is 4. The largest absolute Gasteiger partial charge is 0.234 e. The topological polar surface area (TPSA) is 43.1 Å². The average Bonchev–Trinajstić information content (AvgIpc) is 2.50. The first-order chi connectivity index (χ1) is 5.81. The van der Waals surface area contributed by atoms with Crippen LogP contribution < -0.4 is 0 Å². The van der Waals surface area contributed by atoms with E-state index in [1.807, 2.05) is 13.1 Å². The van der Waals surface area contributed by atoms with E-state index in [0.29, 0.717) is 0 Å². The first-order valence-corrected chi connectivity index (χ1v) is 3.98. The monoisotopic (exact) mass is 162 g/mol. The molecule has 0 aliphatic heterocycles. The Morgan fingerprint density at radius 1 is 1.50 bits per heavy atom. The second-order valence-electron chi connectivity index (χ2n) is 2.65. The molecule has 0 aliphatic carbocycles. The van der Waals surface area contributed by atoms with E-state index < -0.39 is 0 Å². The van der Waals surface area contributed by atoms with Crippen LogP contribution in [0, 0.1) is 6.92 Å². The summed E-state index contributed by atoms with van der Waals surface area (Å²) < 4.78 is 1.77. The van der Waals surface area contributed by atoms with Gasteiger partial charge in [-0.3, -0.25) is 0 Å². The summed E-state index contributed by atoms with van der Waals surface area (Å²) in [6, 6.07) is 0. The molecule has 2 aromatic heterocycles. The van der Waals surface area contributed by atoms with Gasteiger partial charge in [-0.05, 0) is 13.3 Å². The minimum atomic E-state index is 0.789. The van der Waals surface area contributed by atoms with Crippen molar-refractivity contribution in [2.24, 2.45) is 0 Å². The van der Waals surface area contributed by atoms with Crippen molar-refractivity contribution < 1.29 is 0 Å². The van der Waals surface area contributed by atoms with Gasteiger partial charge in [0.05, 0.1) is 5.69 Å². The van der Waals surface area contributed by atoms with E-state index in [1.165, 1.54) is 0 Å². The third kappa shape index (κ3) is 0.958. The van der Waals surface area contributed by atoms with Crippen LogP contribution in [0.2, 0.25) is 0 Å². The molecule has 62 valence electrons. The maximum Gasteiger partial charge on any atom is 0.175 e. The Bertz CT molecular complexity index is 404. The molecular formula is C8H10N4. The van der Waals surface area contributed by atoms with Gasteiger partial charge >= 0.3 is 0 Å². The predicted octanol–water partition coefficient (Wildman–Crippen LogP) is 0.995. The number of nitrogens with zero attached hydrogens (tertiary/aromatic N) is 4. The molecule has 0 saturated heterocycles. The molecule has 2 heterocycles. The number of rotatable bonds is 1. The van der Waals surface area contributed by atoms with Gasteiger partial charge in [0.1, 0.15) is 5.82 Å². The summed E-state index contributed by atoms with van der Waals surface area (Å²) in [5, 5.41) is 4.19. The first-order valence-electron chi connectivity index (χ1n) is 3.98. The molecule has 0 spiro atoms. The minimum Gasteiger partial charge on any atom is -0.234 e. The Morgan fingerprint density at radius 3 is 3.08 bits per heavy atom. The fraction of sp³-hybridized carbons (Fsp3) is 0.375. The van der Waals surface area contributed by atoms with E-state index >= 15 is 0 Å². The lowest BCUT2D eigenvalue weighted by atomic mass is 10.3. The van der Waals surface area contributed by atoms with Gasteiger partial charge in [0.15, 0.2) is 5.65 Å². The zero-order valence-electron chi connectivity index (χ0n) is 7.15. The third-order valence-electron chi connectivity index (χ3n) is 1.76. The molecule has 0 atom stereocenters. The van der Waals surface area contributed by atoms with Crippen molar-refractivity contribution in [2.75, 3.05) is 0 Å². The standard InChI is InChI=1S/C8H10N4/c1-3-7-8-9-4-5-12(8)11-6(2)10-7/h4-5H,3H2,1-2H3. The van der Waals surface area contributed by atoms with Crippen LogP contribution >= 0.6 is 0 Å². The molecule has 2 aromatic rings. The highest BCUT2D eigenvalue weighted by Crippen LogP contribution is 2.05. The molecule has 0 amide bonds. The van der Waals surface area contributed by atoms with E-state index in [0.717, 1.165) is 23.6 Å². The summed E-state index contributed by atoms with van der Waals surface area (Å²) in [5.74, 6) is 0.789. The number of imidazole rings is 1. The number of hydrogen-bond acceptors (Lipinski definition) is 3. The molecule has 0 saturated carbocycles. The van der Waals surface area contributed by atoms with Gasteiger partial charge in [0, 0.05) is 12.4 Å². The van der Waals surface area contributed by atoms with Crippen molar-refractivity contribution in [1.29, 1.82) is 0 Å². The lowest BCUT2D eigenvalue weighted by Crippen LogP contribution is -2.02. The van der Waals surface area contributed by atoms with Crippen LogP contribution in [0.3, 0.4) is 0 Å². The molecule has 0 fully saturated rings. The van der Waals surface area contributed by atoms with Crippen molar-refractivity contribution in [3.05, 3.63) is 23.9 Å². The molecule has 0 unspecified atom stereocenters. The molecule has 0 aromatic carbocycles. The van der Waals surface area contributed by atoms with E-state index in [-0.39, 0.29) is 0 Å². The van der Waals surface area contributed by atoms with E-state index in [2.05, 4.69) is 22.0 Å². The summed E-state index contributed by atoms with van der Waals surface area (Å²) in [7, 11) is 0. The summed E-state index contributed by atoms with van der Waals surface area (Å²) in [4.78, 5) is 8.47. The minimum absolute atomic E-state index is 0.789. The highest BCUT2D eigenvalue weighted by molar-refractivity contribution is 5.42. The molecule has 0 bridgehead atoms. The zero-order valence-corrected chi connectivity index (χ0v) is 7.15. The molecule has 4 nitrogen and oxygen atoms in total.